The second-order valence-corrected chi connectivity index (χ2v) is 7.47. The van der Waals surface area contributed by atoms with E-state index < -0.39 is 17.5 Å². The molecule has 8 heteroatoms. The van der Waals surface area contributed by atoms with Crippen LogP contribution in [-0.4, -0.2) is 41.6 Å². The summed E-state index contributed by atoms with van der Waals surface area (Å²) in [6, 6.07) is 12.4. The first-order valence-corrected chi connectivity index (χ1v) is 9.44. The third-order valence-electron chi connectivity index (χ3n) is 5.64. The summed E-state index contributed by atoms with van der Waals surface area (Å²) in [5, 5.41) is 5.53. The lowest BCUT2D eigenvalue weighted by atomic mass is 9.78. The first-order chi connectivity index (χ1) is 14.0. The smallest absolute Gasteiger partial charge is 0.325 e. The van der Waals surface area contributed by atoms with Gasteiger partial charge in [0, 0.05) is 18.2 Å². The van der Waals surface area contributed by atoms with Crippen molar-refractivity contribution in [3.8, 4) is 11.5 Å². The van der Waals surface area contributed by atoms with Gasteiger partial charge in [0.15, 0.2) is 11.5 Å². The summed E-state index contributed by atoms with van der Waals surface area (Å²) in [7, 11) is 0. The van der Waals surface area contributed by atoms with Crippen LogP contribution in [-0.2, 0) is 22.4 Å². The number of benzene rings is 2. The highest BCUT2D eigenvalue weighted by Gasteiger charge is 2.52. The quantitative estimate of drug-likeness (QED) is 0.776. The van der Waals surface area contributed by atoms with E-state index in [1.165, 1.54) is 5.56 Å². The molecule has 1 spiro atoms. The Bertz CT molecular complexity index is 1040. The van der Waals surface area contributed by atoms with Crippen LogP contribution in [0.1, 0.15) is 17.5 Å². The van der Waals surface area contributed by atoms with Gasteiger partial charge in [-0.2, -0.15) is 0 Å². The Labute approximate surface area is 166 Å². The Morgan fingerprint density at radius 3 is 2.76 bits per heavy atom. The molecule has 5 rings (SSSR count). The average Bonchev–Trinajstić information content (AvgIpc) is 3.26. The topological polar surface area (TPSA) is 97.0 Å². The molecule has 3 aliphatic rings. The zero-order chi connectivity index (χ0) is 20.0. The molecule has 2 N–H and O–H groups in total. The normalized spacial score (nSPS) is 21.9. The highest BCUT2D eigenvalue weighted by atomic mass is 16.7. The van der Waals surface area contributed by atoms with Crippen LogP contribution >= 0.6 is 0 Å². The van der Waals surface area contributed by atoms with Gasteiger partial charge in [-0.1, -0.05) is 24.3 Å². The largest absolute Gasteiger partial charge is 0.454 e. The number of hydrogen-bond acceptors (Lipinski definition) is 5. The molecule has 0 unspecified atom stereocenters. The van der Waals surface area contributed by atoms with E-state index in [1.807, 2.05) is 24.3 Å². The van der Waals surface area contributed by atoms with Gasteiger partial charge in [0.2, 0.25) is 12.7 Å². The predicted octanol–water partition coefficient (Wildman–Crippen LogP) is 1.83. The number of ether oxygens (including phenoxy) is 2. The average molecular weight is 393 g/mol. The van der Waals surface area contributed by atoms with Gasteiger partial charge in [0.25, 0.3) is 5.91 Å². The third kappa shape index (κ3) is 2.97. The van der Waals surface area contributed by atoms with Crippen molar-refractivity contribution in [1.82, 2.24) is 10.2 Å². The van der Waals surface area contributed by atoms with Gasteiger partial charge in [0.05, 0.1) is 0 Å². The number of urea groups is 1. The third-order valence-corrected chi connectivity index (χ3v) is 5.64. The number of carbonyl (C=O) groups excluding carboxylic acids is 3. The highest BCUT2D eigenvalue weighted by molar-refractivity contribution is 6.10. The molecule has 2 aromatic carbocycles. The molecule has 2 aliphatic heterocycles. The fraction of sp³-hybridized carbons (Fsp3) is 0.286. The van der Waals surface area contributed by atoms with Gasteiger partial charge in [0.1, 0.15) is 12.1 Å². The van der Waals surface area contributed by atoms with Crippen LogP contribution in [0.3, 0.4) is 0 Å². The first kappa shape index (κ1) is 17.5. The van der Waals surface area contributed by atoms with Gasteiger partial charge in [-0.25, -0.2) is 4.79 Å². The molecule has 8 nitrogen and oxygen atoms in total. The summed E-state index contributed by atoms with van der Waals surface area (Å²) in [6.45, 7) is -0.205. The summed E-state index contributed by atoms with van der Waals surface area (Å²) in [5.41, 5.74) is 1.79. The molecule has 0 radical (unpaired) electrons. The minimum atomic E-state index is -0.968. The standard InChI is InChI=1S/C21H19N3O5/c25-18(22-15-5-6-16-17(9-15)29-12-28-16)11-24-19(26)21(23-20(24)27)8-7-13-3-1-2-4-14(13)10-21/h1-6,9H,7-8,10-12H2,(H,22,25)(H,23,27)/t21-/m0/s1. The molecule has 1 atom stereocenters. The predicted molar refractivity (Wildman–Crippen MR) is 103 cm³/mol. The molecule has 1 aliphatic carbocycles. The Morgan fingerprint density at radius 1 is 1.10 bits per heavy atom. The van der Waals surface area contributed by atoms with Crippen molar-refractivity contribution in [3.05, 3.63) is 53.6 Å². The summed E-state index contributed by atoms with van der Waals surface area (Å²) in [5.74, 6) is 0.340. The molecule has 4 amide bonds. The number of carbonyl (C=O) groups is 3. The summed E-state index contributed by atoms with van der Waals surface area (Å²) >= 11 is 0. The molecule has 0 aromatic heterocycles. The van der Waals surface area contributed by atoms with Crippen molar-refractivity contribution >= 4 is 23.5 Å². The van der Waals surface area contributed by atoms with Crippen LogP contribution in [0.2, 0.25) is 0 Å². The number of anilines is 1. The molecular formula is C21H19N3O5. The van der Waals surface area contributed by atoms with Crippen molar-refractivity contribution in [1.29, 1.82) is 0 Å². The van der Waals surface area contributed by atoms with Crippen LogP contribution in [0, 0.1) is 0 Å². The minimum absolute atomic E-state index is 0.139. The van der Waals surface area contributed by atoms with E-state index in [4.69, 9.17) is 9.47 Å². The SMILES string of the molecule is O=C(CN1C(=O)N[C@]2(CCc3ccccc3C2)C1=O)Nc1ccc2c(c1)OCO2. The maximum atomic E-state index is 13.1. The van der Waals surface area contributed by atoms with Crippen molar-refractivity contribution in [2.45, 2.75) is 24.8 Å². The molecule has 29 heavy (non-hydrogen) atoms. The summed E-state index contributed by atoms with van der Waals surface area (Å²) in [6.07, 6.45) is 1.67. The van der Waals surface area contributed by atoms with Crippen LogP contribution in [0.4, 0.5) is 10.5 Å². The van der Waals surface area contributed by atoms with Crippen molar-refractivity contribution in [2.24, 2.45) is 0 Å². The van der Waals surface area contributed by atoms with E-state index in [0.29, 0.717) is 36.4 Å². The second-order valence-electron chi connectivity index (χ2n) is 7.47. The number of aryl methyl sites for hydroxylation is 1. The van der Waals surface area contributed by atoms with Gasteiger partial charge >= 0.3 is 6.03 Å². The van der Waals surface area contributed by atoms with Gasteiger partial charge in [-0.15, -0.1) is 0 Å². The van der Waals surface area contributed by atoms with Crippen molar-refractivity contribution in [2.75, 3.05) is 18.7 Å². The van der Waals surface area contributed by atoms with E-state index in [0.717, 1.165) is 10.5 Å². The number of amides is 4. The lowest BCUT2D eigenvalue weighted by molar-refractivity contribution is -0.134. The fourth-order valence-electron chi connectivity index (χ4n) is 4.16. The number of nitrogens with zero attached hydrogens (tertiary/aromatic N) is 1. The van der Waals surface area contributed by atoms with Crippen molar-refractivity contribution in [3.63, 3.8) is 0 Å². The monoisotopic (exact) mass is 393 g/mol. The van der Waals surface area contributed by atoms with Crippen molar-refractivity contribution < 1.29 is 23.9 Å². The lowest BCUT2D eigenvalue weighted by Gasteiger charge is -2.32. The number of imide groups is 1. The van der Waals surface area contributed by atoms with Crippen LogP contribution in [0.5, 0.6) is 11.5 Å². The molecule has 148 valence electrons. The molecule has 1 fully saturated rings. The van der Waals surface area contributed by atoms with E-state index in [1.54, 1.807) is 18.2 Å². The van der Waals surface area contributed by atoms with Crippen LogP contribution in [0.25, 0.3) is 0 Å². The zero-order valence-electron chi connectivity index (χ0n) is 15.6. The van der Waals surface area contributed by atoms with Gasteiger partial charge in [-0.3, -0.25) is 14.5 Å². The van der Waals surface area contributed by atoms with E-state index in [9.17, 15) is 14.4 Å². The molecule has 1 saturated heterocycles. The highest BCUT2D eigenvalue weighted by Crippen LogP contribution is 2.35. The van der Waals surface area contributed by atoms with Gasteiger partial charge < -0.3 is 20.1 Å². The summed E-state index contributed by atoms with van der Waals surface area (Å²) < 4.78 is 10.5. The molecule has 2 heterocycles. The van der Waals surface area contributed by atoms with E-state index >= 15 is 0 Å². The fourth-order valence-corrected chi connectivity index (χ4v) is 4.16. The van der Waals surface area contributed by atoms with Crippen LogP contribution < -0.4 is 20.1 Å². The van der Waals surface area contributed by atoms with E-state index in [-0.39, 0.29) is 19.2 Å². The van der Waals surface area contributed by atoms with Gasteiger partial charge in [-0.05, 0) is 36.1 Å². The molecular weight excluding hydrogens is 374 g/mol. The van der Waals surface area contributed by atoms with E-state index in [2.05, 4.69) is 10.6 Å². The minimum Gasteiger partial charge on any atom is -0.454 e. The lowest BCUT2D eigenvalue weighted by Crippen LogP contribution is -2.51. The Morgan fingerprint density at radius 2 is 1.90 bits per heavy atom. The van der Waals surface area contributed by atoms with Crippen LogP contribution in [0.15, 0.2) is 42.5 Å². The maximum Gasteiger partial charge on any atom is 0.325 e. The number of rotatable bonds is 3. The Hall–Kier alpha value is -3.55. The first-order valence-electron chi connectivity index (χ1n) is 9.44. The summed E-state index contributed by atoms with van der Waals surface area (Å²) in [4.78, 5) is 39.0. The molecule has 0 saturated carbocycles. The second kappa shape index (κ2) is 6.51. The Kier molecular flexibility index (Phi) is 3.94. The molecule has 0 bridgehead atoms. The number of fused-ring (bicyclic) bond motifs is 2. The number of nitrogens with one attached hydrogen (secondary N) is 2. The number of hydrogen-bond donors (Lipinski definition) is 2. The Balaban J connectivity index is 1.29. The molecule has 2 aromatic rings. The zero-order valence-corrected chi connectivity index (χ0v) is 15.6. The maximum absolute atomic E-state index is 13.1.